The smallest absolute Gasteiger partial charge is 0.310 e. The van der Waals surface area contributed by atoms with E-state index in [-0.39, 0.29) is 29.8 Å². The number of methoxy groups -OCH3 is 1. The van der Waals surface area contributed by atoms with Gasteiger partial charge >= 0.3 is 5.69 Å². The van der Waals surface area contributed by atoms with Crippen LogP contribution in [-0.2, 0) is 16.0 Å². The predicted octanol–water partition coefficient (Wildman–Crippen LogP) is 5.46. The van der Waals surface area contributed by atoms with Crippen LogP contribution in [0, 0.1) is 15.9 Å². The normalized spacial score (nSPS) is 15.2. The molecule has 0 bridgehead atoms. The molecule has 4 aromatic rings. The minimum absolute atomic E-state index is 0.0967. The second kappa shape index (κ2) is 10.7. The molecule has 0 radical (unpaired) electrons. The molecule has 0 N–H and O–H groups in total. The van der Waals surface area contributed by atoms with Crippen molar-refractivity contribution in [3.63, 3.8) is 0 Å². The molecule has 2 heterocycles. The van der Waals surface area contributed by atoms with Gasteiger partial charge in [0, 0.05) is 34.4 Å². The van der Waals surface area contributed by atoms with Gasteiger partial charge in [0.1, 0.15) is 18.1 Å². The zero-order valence-corrected chi connectivity index (χ0v) is 21.8. The van der Waals surface area contributed by atoms with E-state index in [1.165, 1.54) is 25.3 Å². The zero-order chi connectivity index (χ0) is 26.8. The van der Waals surface area contributed by atoms with E-state index < -0.39 is 11.2 Å². The summed E-state index contributed by atoms with van der Waals surface area (Å²) in [6.07, 6.45) is 1.52. The Morgan fingerprint density at radius 2 is 1.89 bits per heavy atom. The van der Waals surface area contributed by atoms with Crippen LogP contribution in [0.15, 0.2) is 77.4 Å². The maximum Gasteiger partial charge on any atom is 0.310 e. The number of hydrogen-bond acceptors (Lipinski definition) is 6. The van der Waals surface area contributed by atoms with Crippen molar-refractivity contribution in [3.8, 4) is 22.7 Å². The number of aromatic nitrogens is 2. The minimum Gasteiger partial charge on any atom is -0.490 e. The summed E-state index contributed by atoms with van der Waals surface area (Å²) in [6.45, 7) is 0.206. The van der Waals surface area contributed by atoms with Gasteiger partial charge in [-0.05, 0) is 66.6 Å². The number of nitro benzene ring substituents is 1. The van der Waals surface area contributed by atoms with Gasteiger partial charge in [-0.1, -0.05) is 22.0 Å². The van der Waals surface area contributed by atoms with Crippen LogP contribution in [0.1, 0.15) is 17.4 Å². The standard InChI is InChI=1S/C27H22BrFN4O5/c1-37-24-14-17(2-11-23(24)33(35)36)12-13-31-25(34)16-38-27(31)22-15-32(21-9-5-19(28)6-10-21)30-26(22)18-3-7-20(29)8-4-18/h2-11,14-15,27H,12-13,16H2,1H3. The molecule has 9 nitrogen and oxygen atoms in total. The third-order valence-corrected chi connectivity index (χ3v) is 6.80. The molecule has 0 aliphatic carbocycles. The molecule has 1 aliphatic rings. The lowest BCUT2D eigenvalue weighted by Gasteiger charge is -2.23. The summed E-state index contributed by atoms with van der Waals surface area (Å²) >= 11 is 3.44. The average Bonchev–Trinajstić information content (AvgIpc) is 3.51. The molecule has 5 rings (SSSR count). The SMILES string of the molecule is COc1cc(CCN2C(=O)COC2c2cn(-c3ccc(Br)cc3)nc2-c2ccc(F)cc2)ccc1[N+](=O)[O-]. The summed E-state index contributed by atoms with van der Waals surface area (Å²) < 4.78 is 27.4. The maximum atomic E-state index is 13.7. The quantitative estimate of drug-likeness (QED) is 0.203. The van der Waals surface area contributed by atoms with Crippen LogP contribution in [0.3, 0.4) is 0 Å². The monoisotopic (exact) mass is 580 g/mol. The second-order valence-corrected chi connectivity index (χ2v) is 9.54. The van der Waals surface area contributed by atoms with E-state index in [1.54, 1.807) is 33.8 Å². The minimum atomic E-state index is -0.716. The number of halogens is 2. The average molecular weight is 581 g/mol. The first-order valence-corrected chi connectivity index (χ1v) is 12.5. The van der Waals surface area contributed by atoms with E-state index in [0.29, 0.717) is 29.8 Å². The Balaban J connectivity index is 1.47. The highest BCUT2D eigenvalue weighted by Crippen LogP contribution is 2.36. The number of hydrogen-bond donors (Lipinski definition) is 0. The summed E-state index contributed by atoms with van der Waals surface area (Å²) in [5.74, 6) is -0.400. The lowest BCUT2D eigenvalue weighted by atomic mass is 10.1. The number of carbonyl (C=O) groups excluding carboxylic acids is 1. The van der Waals surface area contributed by atoms with Gasteiger partial charge in [-0.2, -0.15) is 5.10 Å². The topological polar surface area (TPSA) is 99.7 Å². The Morgan fingerprint density at radius 3 is 2.58 bits per heavy atom. The van der Waals surface area contributed by atoms with E-state index in [2.05, 4.69) is 15.9 Å². The van der Waals surface area contributed by atoms with Crippen molar-refractivity contribution in [3.05, 3.63) is 104 Å². The zero-order valence-electron chi connectivity index (χ0n) is 20.2. The fourth-order valence-electron chi connectivity index (χ4n) is 4.36. The Morgan fingerprint density at radius 1 is 1.16 bits per heavy atom. The molecule has 1 aromatic heterocycles. The number of ether oxygens (including phenoxy) is 2. The highest BCUT2D eigenvalue weighted by atomic mass is 79.9. The molecule has 3 aromatic carbocycles. The molecule has 38 heavy (non-hydrogen) atoms. The third kappa shape index (κ3) is 5.15. The molecular weight excluding hydrogens is 559 g/mol. The van der Waals surface area contributed by atoms with E-state index in [4.69, 9.17) is 14.6 Å². The Hall–Kier alpha value is -4.09. The molecule has 1 amide bonds. The van der Waals surface area contributed by atoms with Crippen molar-refractivity contribution in [1.29, 1.82) is 0 Å². The van der Waals surface area contributed by atoms with Crippen molar-refractivity contribution in [2.45, 2.75) is 12.6 Å². The first kappa shape index (κ1) is 25.6. The van der Waals surface area contributed by atoms with Crippen molar-refractivity contribution in [1.82, 2.24) is 14.7 Å². The van der Waals surface area contributed by atoms with E-state index in [0.717, 1.165) is 15.7 Å². The number of amides is 1. The van der Waals surface area contributed by atoms with Crippen LogP contribution in [0.4, 0.5) is 10.1 Å². The lowest BCUT2D eigenvalue weighted by molar-refractivity contribution is -0.385. The number of benzene rings is 3. The number of carbonyl (C=O) groups is 1. The fourth-order valence-corrected chi connectivity index (χ4v) is 4.62. The van der Waals surface area contributed by atoms with Gasteiger partial charge in [-0.15, -0.1) is 0 Å². The van der Waals surface area contributed by atoms with Gasteiger partial charge in [-0.3, -0.25) is 14.9 Å². The van der Waals surface area contributed by atoms with Crippen molar-refractivity contribution in [2.24, 2.45) is 0 Å². The number of nitrogens with zero attached hydrogens (tertiary/aromatic N) is 4. The van der Waals surface area contributed by atoms with Crippen LogP contribution < -0.4 is 4.74 Å². The maximum absolute atomic E-state index is 13.7. The Bertz CT molecular complexity index is 1490. The van der Waals surface area contributed by atoms with Gasteiger partial charge in [0.2, 0.25) is 0 Å². The van der Waals surface area contributed by atoms with Crippen LogP contribution in [0.2, 0.25) is 0 Å². The van der Waals surface area contributed by atoms with Crippen LogP contribution in [-0.4, -0.2) is 45.8 Å². The van der Waals surface area contributed by atoms with Crippen LogP contribution in [0.25, 0.3) is 16.9 Å². The molecule has 1 atom stereocenters. The molecule has 194 valence electrons. The van der Waals surface area contributed by atoms with E-state index in [9.17, 15) is 19.3 Å². The van der Waals surface area contributed by atoms with Gasteiger partial charge in [0.05, 0.1) is 17.7 Å². The largest absolute Gasteiger partial charge is 0.490 e. The Labute approximate surface area is 225 Å². The van der Waals surface area contributed by atoms with Crippen molar-refractivity contribution < 1.29 is 23.6 Å². The molecule has 0 saturated carbocycles. The number of nitro groups is 1. The van der Waals surface area contributed by atoms with Gasteiger partial charge in [0.15, 0.2) is 12.0 Å². The molecular formula is C27H22BrFN4O5. The highest BCUT2D eigenvalue weighted by molar-refractivity contribution is 9.10. The van der Waals surface area contributed by atoms with Crippen LogP contribution >= 0.6 is 15.9 Å². The second-order valence-electron chi connectivity index (χ2n) is 8.62. The molecule has 1 unspecified atom stereocenters. The molecule has 1 saturated heterocycles. The van der Waals surface area contributed by atoms with E-state index >= 15 is 0 Å². The summed E-state index contributed by atoms with van der Waals surface area (Å²) in [4.78, 5) is 25.2. The van der Waals surface area contributed by atoms with Gasteiger partial charge in [-0.25, -0.2) is 9.07 Å². The summed E-state index contributed by atoms with van der Waals surface area (Å²) in [7, 11) is 1.38. The van der Waals surface area contributed by atoms with Gasteiger partial charge in [0.25, 0.3) is 5.91 Å². The Kier molecular flexibility index (Phi) is 7.21. The highest BCUT2D eigenvalue weighted by Gasteiger charge is 2.36. The fraction of sp³-hybridized carbons (Fsp3) is 0.185. The van der Waals surface area contributed by atoms with Crippen molar-refractivity contribution in [2.75, 3.05) is 20.3 Å². The summed E-state index contributed by atoms with van der Waals surface area (Å²) in [5, 5.41) is 16.0. The van der Waals surface area contributed by atoms with Crippen LogP contribution in [0.5, 0.6) is 5.75 Å². The molecule has 0 spiro atoms. The van der Waals surface area contributed by atoms with Crippen molar-refractivity contribution >= 4 is 27.5 Å². The molecule has 11 heteroatoms. The van der Waals surface area contributed by atoms with E-state index in [1.807, 2.05) is 30.5 Å². The summed E-state index contributed by atoms with van der Waals surface area (Å²) in [6, 6.07) is 18.2. The predicted molar refractivity (Wildman–Crippen MR) is 140 cm³/mol. The molecule has 1 aliphatic heterocycles. The number of rotatable bonds is 8. The lowest BCUT2D eigenvalue weighted by Crippen LogP contribution is -2.30. The van der Waals surface area contributed by atoms with Gasteiger partial charge < -0.3 is 14.4 Å². The first-order valence-electron chi connectivity index (χ1n) is 11.7. The molecule has 1 fully saturated rings. The third-order valence-electron chi connectivity index (χ3n) is 6.27. The summed E-state index contributed by atoms with van der Waals surface area (Å²) in [5.41, 5.74) is 3.35. The first-order chi connectivity index (χ1) is 18.3.